The van der Waals surface area contributed by atoms with Crippen molar-refractivity contribution in [1.29, 1.82) is 0 Å². The SMILES string of the molecule is CC[C@@H](O)CC[C@@H](C)[C@H]1C[C@H](O)[C@@]2(O)[C@@]3(O)C(CC[C@]12C)[C@@]1(C)CC[C@H](O)[C@H](O)[C@]1(O)[C@@H](OS(=O)(=O)O)[C@@H]3O. The summed E-state index contributed by atoms with van der Waals surface area (Å²) in [5, 5.41) is 91.5. The molecule has 0 heterocycles. The molecule has 1 unspecified atom stereocenters. The summed E-state index contributed by atoms with van der Waals surface area (Å²) in [6, 6.07) is 0. The predicted octanol–water partition coefficient (Wildman–Crippen LogP) is -0.752. The maximum atomic E-state index is 12.5. The largest absolute Gasteiger partial charge is 0.397 e. The minimum Gasteiger partial charge on any atom is -0.393 e. The number of rotatable bonds is 7. The first-order chi connectivity index (χ1) is 17.8. The molecule has 0 spiro atoms. The van der Waals surface area contributed by atoms with Gasteiger partial charge in [0.25, 0.3) is 0 Å². The summed E-state index contributed by atoms with van der Waals surface area (Å²) >= 11 is 0. The normalized spacial score (nSPS) is 53.4. The molecule has 0 amide bonds. The van der Waals surface area contributed by atoms with Gasteiger partial charge in [0.15, 0.2) is 0 Å². The Morgan fingerprint density at radius 1 is 0.923 bits per heavy atom. The van der Waals surface area contributed by atoms with E-state index in [0.717, 1.165) is 0 Å². The molecule has 0 aromatic heterocycles. The molecule has 0 bridgehead atoms. The fourth-order valence-corrected chi connectivity index (χ4v) is 9.95. The van der Waals surface area contributed by atoms with Crippen LogP contribution in [0.3, 0.4) is 0 Å². The van der Waals surface area contributed by atoms with Crippen LogP contribution in [0.15, 0.2) is 0 Å². The van der Waals surface area contributed by atoms with Gasteiger partial charge in [0, 0.05) is 16.7 Å². The van der Waals surface area contributed by atoms with Crippen molar-refractivity contribution in [2.75, 3.05) is 0 Å². The summed E-state index contributed by atoms with van der Waals surface area (Å²) in [5.41, 5.74) is -10.5. The van der Waals surface area contributed by atoms with Crippen molar-refractivity contribution in [2.24, 2.45) is 28.6 Å². The van der Waals surface area contributed by atoms with Crippen molar-refractivity contribution in [2.45, 2.75) is 132 Å². The quantitative estimate of drug-likeness (QED) is 0.169. The van der Waals surface area contributed by atoms with Gasteiger partial charge in [0.1, 0.15) is 35.1 Å². The maximum absolute atomic E-state index is 12.5. The van der Waals surface area contributed by atoms with E-state index in [-0.39, 0.29) is 43.9 Å². The average Bonchev–Trinajstić information content (AvgIpc) is 3.07. The number of aliphatic hydroxyl groups is 8. The Labute approximate surface area is 229 Å². The average molecular weight is 583 g/mol. The monoisotopic (exact) mass is 582 g/mol. The van der Waals surface area contributed by atoms with Gasteiger partial charge in [-0.1, -0.05) is 27.7 Å². The van der Waals surface area contributed by atoms with Gasteiger partial charge >= 0.3 is 10.4 Å². The Balaban J connectivity index is 1.86. The van der Waals surface area contributed by atoms with E-state index in [1.807, 2.05) is 13.8 Å². The van der Waals surface area contributed by atoms with Crippen LogP contribution >= 0.6 is 0 Å². The van der Waals surface area contributed by atoms with E-state index in [1.165, 1.54) is 6.92 Å². The summed E-state index contributed by atoms with van der Waals surface area (Å²) in [6.45, 7) is 6.98. The zero-order chi connectivity index (χ0) is 29.6. The summed E-state index contributed by atoms with van der Waals surface area (Å²) in [7, 11) is -5.38. The molecule has 0 aromatic rings. The van der Waals surface area contributed by atoms with Crippen molar-refractivity contribution < 1.29 is 58.0 Å². The zero-order valence-corrected chi connectivity index (χ0v) is 23.8. The molecule has 4 rings (SSSR count). The Bertz CT molecular complexity index is 1040. The van der Waals surface area contributed by atoms with Crippen LogP contribution in [0.4, 0.5) is 0 Å². The Morgan fingerprint density at radius 2 is 1.51 bits per heavy atom. The van der Waals surface area contributed by atoms with Gasteiger partial charge < -0.3 is 40.9 Å². The molecule has 4 saturated carbocycles. The van der Waals surface area contributed by atoms with Gasteiger partial charge in [-0.15, -0.1) is 0 Å². The van der Waals surface area contributed by atoms with Crippen molar-refractivity contribution in [1.82, 2.24) is 0 Å². The van der Waals surface area contributed by atoms with Crippen LogP contribution in [0.25, 0.3) is 0 Å². The van der Waals surface area contributed by atoms with E-state index in [9.17, 15) is 53.8 Å². The molecule has 4 fully saturated rings. The highest BCUT2D eigenvalue weighted by molar-refractivity contribution is 7.80. The molecule has 4 aliphatic carbocycles. The summed E-state index contributed by atoms with van der Waals surface area (Å²) < 4.78 is 38.1. The first-order valence-electron chi connectivity index (χ1n) is 14.0. The third-order valence-electron chi connectivity index (χ3n) is 11.7. The second kappa shape index (κ2) is 9.80. The molecule has 14 atom stereocenters. The number of hydrogen-bond acceptors (Lipinski definition) is 11. The molecule has 13 heteroatoms. The van der Waals surface area contributed by atoms with Crippen LogP contribution in [0, 0.1) is 28.6 Å². The second-order valence-electron chi connectivity index (χ2n) is 13.3. The van der Waals surface area contributed by atoms with Crippen molar-refractivity contribution >= 4 is 10.4 Å². The topological polar surface area (TPSA) is 225 Å². The van der Waals surface area contributed by atoms with Crippen LogP contribution < -0.4 is 0 Å². The lowest BCUT2D eigenvalue weighted by molar-refractivity contribution is -0.397. The predicted molar refractivity (Wildman–Crippen MR) is 136 cm³/mol. The van der Waals surface area contributed by atoms with Crippen LogP contribution in [0.2, 0.25) is 0 Å². The molecule has 0 aromatic carbocycles. The fourth-order valence-electron chi connectivity index (χ4n) is 9.43. The van der Waals surface area contributed by atoms with Crippen molar-refractivity contribution in [3.05, 3.63) is 0 Å². The standard InChI is InChI=1S/C26H46O12S/c1-5-14(27)7-6-13(2)15-12-18(29)26(34)22(15,3)11-9-17-23(4)10-8-16(28)19(30)25(23,33)21(38-39(35,36)37)20(31)24(17,26)32/h13-21,27-34H,5-12H2,1-4H3,(H,35,36,37)/t13-,14-,15-,16+,17?,18+,19+,20+,21+,22-,23-,24-,25+,26+/m1/s1. The molecule has 0 radical (unpaired) electrons. The Hall–Kier alpha value is -0.450. The summed E-state index contributed by atoms with van der Waals surface area (Å²) in [4.78, 5) is 0. The summed E-state index contributed by atoms with van der Waals surface area (Å²) in [6.07, 6.45) is -8.38. The van der Waals surface area contributed by atoms with Gasteiger partial charge in [0.2, 0.25) is 0 Å². The first kappa shape index (κ1) is 31.5. The third kappa shape index (κ3) is 4.03. The number of aliphatic hydroxyl groups excluding tert-OH is 5. The van der Waals surface area contributed by atoms with Gasteiger partial charge in [-0.05, 0) is 63.2 Å². The lowest BCUT2D eigenvalue weighted by Gasteiger charge is -2.72. The van der Waals surface area contributed by atoms with E-state index in [4.69, 9.17) is 4.18 Å². The highest BCUT2D eigenvalue weighted by Crippen LogP contribution is 2.72. The van der Waals surface area contributed by atoms with E-state index in [0.29, 0.717) is 19.3 Å². The lowest BCUT2D eigenvalue weighted by atomic mass is 9.38. The van der Waals surface area contributed by atoms with Gasteiger partial charge in [-0.3, -0.25) is 4.55 Å². The number of hydrogen-bond donors (Lipinski definition) is 9. The fraction of sp³-hybridized carbons (Fsp3) is 1.00. The third-order valence-corrected chi connectivity index (χ3v) is 12.2. The molecule has 4 aliphatic rings. The molecule has 12 nitrogen and oxygen atoms in total. The Kier molecular flexibility index (Phi) is 7.91. The van der Waals surface area contributed by atoms with E-state index < -0.39 is 80.6 Å². The van der Waals surface area contributed by atoms with Crippen LogP contribution in [-0.4, -0.2) is 107 Å². The smallest absolute Gasteiger partial charge is 0.393 e. The van der Waals surface area contributed by atoms with Gasteiger partial charge in [-0.2, -0.15) is 8.42 Å². The molecule has 0 saturated heterocycles. The number of fused-ring (bicyclic) bond motifs is 5. The van der Waals surface area contributed by atoms with E-state index >= 15 is 0 Å². The van der Waals surface area contributed by atoms with Crippen molar-refractivity contribution in [3.8, 4) is 0 Å². The van der Waals surface area contributed by atoms with Crippen molar-refractivity contribution in [3.63, 3.8) is 0 Å². The maximum Gasteiger partial charge on any atom is 0.397 e. The molecular formula is C26H46O12S. The lowest BCUT2D eigenvalue weighted by Crippen LogP contribution is -2.88. The molecular weight excluding hydrogens is 536 g/mol. The van der Waals surface area contributed by atoms with E-state index in [1.54, 1.807) is 6.92 Å². The van der Waals surface area contributed by atoms with E-state index in [2.05, 4.69) is 0 Å². The highest BCUT2D eigenvalue weighted by atomic mass is 32.3. The van der Waals surface area contributed by atoms with Gasteiger partial charge in [0.05, 0.1) is 18.3 Å². The first-order valence-corrected chi connectivity index (χ1v) is 15.4. The second-order valence-corrected chi connectivity index (χ2v) is 14.3. The van der Waals surface area contributed by atoms with Crippen LogP contribution in [-0.2, 0) is 14.6 Å². The molecule has 9 N–H and O–H groups in total. The van der Waals surface area contributed by atoms with Gasteiger partial charge in [-0.25, -0.2) is 4.18 Å². The molecule has 228 valence electrons. The molecule has 39 heavy (non-hydrogen) atoms. The minimum atomic E-state index is -5.38. The highest BCUT2D eigenvalue weighted by Gasteiger charge is 2.84. The molecule has 0 aliphatic heterocycles. The van der Waals surface area contributed by atoms with Crippen LogP contribution in [0.1, 0.15) is 79.1 Å². The van der Waals surface area contributed by atoms with Crippen LogP contribution in [0.5, 0.6) is 0 Å². The summed E-state index contributed by atoms with van der Waals surface area (Å²) in [5.74, 6) is -1.63. The Morgan fingerprint density at radius 3 is 2.08 bits per heavy atom. The minimum absolute atomic E-state index is 0.0427. The zero-order valence-electron chi connectivity index (χ0n) is 23.0.